The molecule has 1 aromatic carbocycles. The Hall–Kier alpha value is -1.09. The Morgan fingerprint density at radius 1 is 1.26 bits per heavy atom. The lowest BCUT2D eigenvalue weighted by Gasteiger charge is -2.38. The Morgan fingerprint density at radius 3 is 2.47 bits per heavy atom. The summed E-state index contributed by atoms with van der Waals surface area (Å²) in [6, 6.07) is 8.88. The first-order valence-electron chi connectivity index (χ1n) is 7.03. The van der Waals surface area contributed by atoms with Crippen LogP contribution in [0.4, 0.5) is 0 Å². The van der Waals surface area contributed by atoms with E-state index in [-0.39, 0.29) is 5.92 Å². The summed E-state index contributed by atoms with van der Waals surface area (Å²) in [7, 11) is -3.33. The van der Waals surface area contributed by atoms with Gasteiger partial charge < -0.3 is 0 Å². The lowest BCUT2D eigenvalue weighted by molar-refractivity contribution is 0.405. The van der Waals surface area contributed by atoms with Gasteiger partial charge in [0.05, 0.1) is 4.90 Å². The molecule has 0 saturated heterocycles. The zero-order valence-corrected chi connectivity index (χ0v) is 12.1. The van der Waals surface area contributed by atoms with E-state index in [0.717, 1.165) is 24.8 Å². The third kappa shape index (κ3) is 1.51. The summed E-state index contributed by atoms with van der Waals surface area (Å²) >= 11 is 0. The molecule has 3 atom stereocenters. The fourth-order valence-electron chi connectivity index (χ4n) is 4.24. The molecular formula is C16H20O2S. The molecule has 3 rings (SSSR count). The lowest BCUT2D eigenvalue weighted by atomic mass is 9.82. The number of rotatable bonds is 3. The SMILES string of the molecule is C=C1[C@@H]2CC[C@@H](C2)[C@]1(CC)S(=O)(=O)c1ccccc1. The highest BCUT2D eigenvalue weighted by atomic mass is 32.2. The molecule has 2 bridgehead atoms. The van der Waals surface area contributed by atoms with Crippen LogP contribution in [0.15, 0.2) is 47.4 Å². The summed E-state index contributed by atoms with van der Waals surface area (Å²) in [6.07, 6.45) is 3.81. The van der Waals surface area contributed by atoms with Gasteiger partial charge in [-0.2, -0.15) is 0 Å². The highest BCUT2D eigenvalue weighted by molar-refractivity contribution is 7.93. The van der Waals surface area contributed by atoms with E-state index in [1.807, 2.05) is 13.0 Å². The topological polar surface area (TPSA) is 34.1 Å². The Balaban J connectivity index is 2.16. The van der Waals surface area contributed by atoms with Gasteiger partial charge in [0.1, 0.15) is 4.75 Å². The molecule has 102 valence electrons. The van der Waals surface area contributed by atoms with Crippen molar-refractivity contribution in [3.05, 3.63) is 42.5 Å². The molecule has 2 nitrogen and oxygen atoms in total. The van der Waals surface area contributed by atoms with Crippen LogP contribution in [0.1, 0.15) is 32.6 Å². The number of hydrogen-bond acceptors (Lipinski definition) is 2. The first-order chi connectivity index (χ1) is 9.04. The average molecular weight is 276 g/mol. The van der Waals surface area contributed by atoms with Crippen molar-refractivity contribution in [1.82, 2.24) is 0 Å². The predicted molar refractivity (Wildman–Crippen MR) is 76.6 cm³/mol. The standard InChI is InChI=1S/C16H20O2S/c1-3-16(12(2)13-9-10-14(16)11-13)19(17,18)15-7-5-4-6-8-15/h4-8,13-14H,2-3,9-11H2,1H3/t13-,14+,16-/m1/s1. The van der Waals surface area contributed by atoms with Gasteiger partial charge in [-0.3, -0.25) is 0 Å². The number of fused-ring (bicyclic) bond motifs is 2. The van der Waals surface area contributed by atoms with Crippen LogP contribution in [-0.2, 0) is 9.84 Å². The minimum absolute atomic E-state index is 0.264. The monoisotopic (exact) mass is 276 g/mol. The van der Waals surface area contributed by atoms with Crippen LogP contribution in [0, 0.1) is 11.8 Å². The summed E-state index contributed by atoms with van der Waals surface area (Å²) in [6.45, 7) is 6.17. The van der Waals surface area contributed by atoms with Crippen molar-refractivity contribution >= 4 is 9.84 Å². The highest BCUT2D eigenvalue weighted by Crippen LogP contribution is 2.59. The van der Waals surface area contributed by atoms with Crippen molar-refractivity contribution in [2.45, 2.75) is 42.2 Å². The Labute approximate surface area is 115 Å². The van der Waals surface area contributed by atoms with Crippen LogP contribution in [-0.4, -0.2) is 13.2 Å². The Bertz CT molecular complexity index is 603. The highest BCUT2D eigenvalue weighted by Gasteiger charge is 2.60. The van der Waals surface area contributed by atoms with Crippen LogP contribution >= 0.6 is 0 Å². The molecule has 0 unspecified atom stereocenters. The molecule has 2 saturated carbocycles. The second-order valence-corrected chi connectivity index (χ2v) is 8.00. The van der Waals surface area contributed by atoms with Gasteiger partial charge in [0.25, 0.3) is 0 Å². The second-order valence-electron chi connectivity index (χ2n) is 5.79. The maximum atomic E-state index is 13.1. The molecule has 2 aliphatic carbocycles. The van der Waals surface area contributed by atoms with E-state index in [4.69, 9.17) is 0 Å². The Morgan fingerprint density at radius 2 is 1.95 bits per heavy atom. The van der Waals surface area contributed by atoms with Gasteiger partial charge in [-0.1, -0.05) is 37.3 Å². The molecule has 2 aliphatic rings. The maximum absolute atomic E-state index is 13.1. The molecular weight excluding hydrogens is 256 g/mol. The summed E-state index contributed by atoms with van der Waals surface area (Å²) < 4.78 is 25.5. The van der Waals surface area contributed by atoms with E-state index >= 15 is 0 Å². The number of benzene rings is 1. The zero-order chi connectivity index (χ0) is 13.7. The molecule has 3 heteroatoms. The summed E-state index contributed by atoms with van der Waals surface area (Å²) in [5.41, 5.74) is 0.968. The quantitative estimate of drug-likeness (QED) is 0.791. The van der Waals surface area contributed by atoms with E-state index in [2.05, 4.69) is 6.58 Å². The molecule has 0 N–H and O–H groups in total. The smallest absolute Gasteiger partial charge is 0.188 e. The van der Waals surface area contributed by atoms with Gasteiger partial charge in [-0.25, -0.2) is 8.42 Å². The third-order valence-electron chi connectivity index (χ3n) is 5.19. The Kier molecular flexibility index (Phi) is 2.86. The second kappa shape index (κ2) is 4.20. The van der Waals surface area contributed by atoms with Gasteiger partial charge in [0.15, 0.2) is 9.84 Å². The van der Waals surface area contributed by atoms with Crippen molar-refractivity contribution in [1.29, 1.82) is 0 Å². The first kappa shape index (κ1) is 12.9. The number of hydrogen-bond donors (Lipinski definition) is 0. The maximum Gasteiger partial charge on any atom is 0.188 e. The molecule has 0 heterocycles. The van der Waals surface area contributed by atoms with Crippen molar-refractivity contribution < 1.29 is 8.42 Å². The predicted octanol–water partition coefficient (Wildman–Crippen LogP) is 3.60. The third-order valence-corrected chi connectivity index (χ3v) is 7.92. The van der Waals surface area contributed by atoms with E-state index in [0.29, 0.717) is 17.2 Å². The van der Waals surface area contributed by atoms with Crippen LogP contribution in [0.25, 0.3) is 0 Å². The summed E-state index contributed by atoms with van der Waals surface area (Å²) in [5, 5.41) is 0. The van der Waals surface area contributed by atoms with Gasteiger partial charge in [-0.15, -0.1) is 0 Å². The van der Waals surface area contributed by atoms with Crippen molar-refractivity contribution in [2.24, 2.45) is 11.8 Å². The van der Waals surface area contributed by atoms with E-state index in [1.165, 1.54) is 0 Å². The normalized spacial score (nSPS) is 33.8. The summed E-state index contributed by atoms with van der Waals surface area (Å²) in [5.74, 6) is 0.684. The van der Waals surface area contributed by atoms with Crippen LogP contribution in [0.3, 0.4) is 0 Å². The molecule has 1 aromatic rings. The van der Waals surface area contributed by atoms with Crippen LogP contribution in [0.2, 0.25) is 0 Å². The summed E-state index contributed by atoms with van der Waals surface area (Å²) in [4.78, 5) is 0.450. The molecule has 0 radical (unpaired) electrons. The molecule has 0 spiro atoms. The molecule has 0 amide bonds. The zero-order valence-electron chi connectivity index (χ0n) is 11.3. The average Bonchev–Trinajstić information content (AvgIpc) is 3.00. The van der Waals surface area contributed by atoms with Crippen LogP contribution in [0.5, 0.6) is 0 Å². The van der Waals surface area contributed by atoms with Crippen molar-refractivity contribution in [2.75, 3.05) is 0 Å². The van der Waals surface area contributed by atoms with Gasteiger partial charge in [-0.05, 0) is 49.7 Å². The molecule has 2 fully saturated rings. The minimum Gasteiger partial charge on any atom is -0.223 e. The molecule has 0 aliphatic heterocycles. The van der Waals surface area contributed by atoms with E-state index < -0.39 is 14.6 Å². The van der Waals surface area contributed by atoms with Crippen LogP contribution < -0.4 is 0 Å². The molecule has 0 aromatic heterocycles. The van der Waals surface area contributed by atoms with E-state index in [1.54, 1.807) is 24.3 Å². The van der Waals surface area contributed by atoms with Gasteiger partial charge >= 0.3 is 0 Å². The van der Waals surface area contributed by atoms with Gasteiger partial charge in [0.2, 0.25) is 0 Å². The van der Waals surface area contributed by atoms with Gasteiger partial charge in [0, 0.05) is 0 Å². The lowest BCUT2D eigenvalue weighted by Crippen LogP contribution is -2.44. The first-order valence-corrected chi connectivity index (χ1v) is 8.51. The fraction of sp³-hybridized carbons (Fsp3) is 0.500. The molecule has 19 heavy (non-hydrogen) atoms. The van der Waals surface area contributed by atoms with Crippen molar-refractivity contribution in [3.63, 3.8) is 0 Å². The largest absolute Gasteiger partial charge is 0.223 e. The minimum atomic E-state index is -3.33. The van der Waals surface area contributed by atoms with Crippen molar-refractivity contribution in [3.8, 4) is 0 Å². The fourth-order valence-corrected chi connectivity index (χ4v) is 6.72. The number of sulfone groups is 1. The van der Waals surface area contributed by atoms with E-state index in [9.17, 15) is 8.42 Å².